The van der Waals surface area contributed by atoms with Gasteiger partial charge in [0, 0.05) is 6.04 Å². The van der Waals surface area contributed by atoms with Crippen LogP contribution >= 0.6 is 11.8 Å². The summed E-state index contributed by atoms with van der Waals surface area (Å²) in [6.45, 7) is 4.65. The van der Waals surface area contributed by atoms with E-state index in [-0.39, 0.29) is 11.9 Å². The van der Waals surface area contributed by atoms with Gasteiger partial charge in [-0.05, 0) is 73.4 Å². The number of aliphatic imine (C=N–C) groups is 1. The van der Waals surface area contributed by atoms with Crippen molar-refractivity contribution in [1.82, 2.24) is 4.90 Å². The number of hydrogen-bond donors (Lipinski definition) is 0. The molecule has 1 saturated carbocycles. The minimum atomic E-state index is 0.0486. The quantitative estimate of drug-likeness (QED) is 0.434. The summed E-state index contributed by atoms with van der Waals surface area (Å²) < 4.78 is 11.1. The van der Waals surface area contributed by atoms with Crippen LogP contribution in [0.1, 0.15) is 57.1 Å². The van der Waals surface area contributed by atoms with Crippen LogP contribution < -0.4 is 9.47 Å². The standard InChI is InChI=1S/C27H32N2O3S/c1-4-20-11-9-10-14-22(20)28-27-29(21-12-7-6-8-13-21)26(30)25(33-27)18-19-15-16-23(32-5-2)24(17-19)31-3/h9-11,14-18,21H,4-8,12-13H2,1-3H3/b25-18+,28-27?. The van der Waals surface area contributed by atoms with Gasteiger partial charge in [-0.25, -0.2) is 4.99 Å². The third-order valence-electron chi connectivity index (χ3n) is 6.15. The molecule has 2 aromatic rings. The van der Waals surface area contributed by atoms with Gasteiger partial charge in [0.2, 0.25) is 0 Å². The zero-order valence-electron chi connectivity index (χ0n) is 19.7. The lowest BCUT2D eigenvalue weighted by atomic mass is 9.94. The lowest BCUT2D eigenvalue weighted by molar-refractivity contribution is -0.124. The number of benzene rings is 2. The van der Waals surface area contributed by atoms with Crippen LogP contribution in [0.4, 0.5) is 5.69 Å². The van der Waals surface area contributed by atoms with E-state index in [1.54, 1.807) is 7.11 Å². The SMILES string of the molecule is CCOc1ccc(/C=C2/SC(=Nc3ccccc3CC)N(C3CCCCC3)C2=O)cc1OC. The first-order chi connectivity index (χ1) is 16.1. The van der Waals surface area contributed by atoms with Crippen molar-refractivity contribution < 1.29 is 14.3 Å². The number of carbonyl (C=O) groups excluding carboxylic acids is 1. The van der Waals surface area contributed by atoms with Crippen LogP contribution in [0.25, 0.3) is 6.08 Å². The predicted octanol–water partition coefficient (Wildman–Crippen LogP) is 6.59. The molecule has 1 saturated heterocycles. The van der Waals surface area contributed by atoms with Crippen molar-refractivity contribution >= 4 is 34.6 Å². The monoisotopic (exact) mass is 464 g/mol. The van der Waals surface area contributed by atoms with Crippen LogP contribution in [0.2, 0.25) is 0 Å². The molecule has 1 heterocycles. The molecular formula is C27H32N2O3S. The van der Waals surface area contributed by atoms with E-state index in [1.165, 1.54) is 23.7 Å². The van der Waals surface area contributed by atoms with E-state index in [9.17, 15) is 4.79 Å². The predicted molar refractivity (Wildman–Crippen MR) is 136 cm³/mol. The Labute approximate surface area is 200 Å². The number of para-hydroxylation sites is 1. The fourth-order valence-electron chi connectivity index (χ4n) is 4.45. The molecule has 0 atom stereocenters. The maximum atomic E-state index is 13.6. The Bertz CT molecular complexity index is 1060. The van der Waals surface area contributed by atoms with E-state index in [1.807, 2.05) is 54.3 Å². The lowest BCUT2D eigenvalue weighted by Gasteiger charge is -2.30. The van der Waals surface area contributed by atoms with Gasteiger partial charge in [0.25, 0.3) is 5.91 Å². The third kappa shape index (κ3) is 5.27. The molecule has 2 aromatic carbocycles. The van der Waals surface area contributed by atoms with Crippen molar-refractivity contribution in [3.63, 3.8) is 0 Å². The Morgan fingerprint density at radius 1 is 1.09 bits per heavy atom. The molecule has 4 rings (SSSR count). The first-order valence-corrected chi connectivity index (χ1v) is 12.7. The van der Waals surface area contributed by atoms with Crippen molar-refractivity contribution in [2.24, 2.45) is 4.99 Å². The molecule has 174 valence electrons. The number of amides is 1. The van der Waals surface area contributed by atoms with Crippen LogP contribution in [0, 0.1) is 0 Å². The summed E-state index contributed by atoms with van der Waals surface area (Å²) in [5, 5.41) is 0.789. The minimum absolute atomic E-state index is 0.0486. The second kappa shape index (κ2) is 10.9. The highest BCUT2D eigenvalue weighted by molar-refractivity contribution is 8.18. The van der Waals surface area contributed by atoms with E-state index in [2.05, 4.69) is 13.0 Å². The Balaban J connectivity index is 1.70. The molecule has 0 aromatic heterocycles. The highest BCUT2D eigenvalue weighted by Crippen LogP contribution is 2.39. The van der Waals surface area contributed by atoms with Gasteiger partial charge in [-0.15, -0.1) is 0 Å². The zero-order chi connectivity index (χ0) is 23.2. The molecule has 0 radical (unpaired) electrons. The largest absolute Gasteiger partial charge is 0.493 e. The van der Waals surface area contributed by atoms with Crippen molar-refractivity contribution in [3.05, 3.63) is 58.5 Å². The Hall–Kier alpha value is -2.73. The van der Waals surface area contributed by atoms with Crippen LogP contribution in [0.3, 0.4) is 0 Å². The molecule has 0 N–H and O–H groups in total. The molecule has 5 nitrogen and oxygen atoms in total. The number of aryl methyl sites for hydroxylation is 1. The number of rotatable bonds is 7. The number of carbonyl (C=O) groups is 1. The number of hydrogen-bond acceptors (Lipinski definition) is 5. The smallest absolute Gasteiger partial charge is 0.267 e. The van der Waals surface area contributed by atoms with Gasteiger partial charge >= 0.3 is 0 Å². The number of methoxy groups -OCH3 is 1. The number of ether oxygens (including phenoxy) is 2. The van der Waals surface area contributed by atoms with Gasteiger partial charge in [-0.1, -0.05) is 50.5 Å². The van der Waals surface area contributed by atoms with Gasteiger partial charge in [-0.3, -0.25) is 9.69 Å². The van der Waals surface area contributed by atoms with Gasteiger partial charge in [0.15, 0.2) is 16.7 Å². The Kier molecular flexibility index (Phi) is 7.76. The third-order valence-corrected chi connectivity index (χ3v) is 7.13. The van der Waals surface area contributed by atoms with Crippen LogP contribution in [-0.4, -0.2) is 35.7 Å². The average Bonchev–Trinajstić information content (AvgIpc) is 3.15. The van der Waals surface area contributed by atoms with Crippen molar-refractivity contribution in [2.75, 3.05) is 13.7 Å². The van der Waals surface area contributed by atoms with E-state index < -0.39 is 0 Å². The number of nitrogens with zero attached hydrogens (tertiary/aromatic N) is 2. The van der Waals surface area contributed by atoms with Crippen LogP contribution in [0.5, 0.6) is 11.5 Å². The maximum absolute atomic E-state index is 13.6. The van der Waals surface area contributed by atoms with Gasteiger partial charge in [0.05, 0.1) is 24.3 Å². The zero-order valence-corrected chi connectivity index (χ0v) is 20.5. The molecule has 1 aliphatic carbocycles. The molecule has 2 fully saturated rings. The normalized spacial score (nSPS) is 19.5. The highest BCUT2D eigenvalue weighted by Gasteiger charge is 2.38. The maximum Gasteiger partial charge on any atom is 0.267 e. The summed E-state index contributed by atoms with van der Waals surface area (Å²) in [5.74, 6) is 1.42. The second-order valence-electron chi connectivity index (χ2n) is 8.30. The molecule has 6 heteroatoms. The van der Waals surface area contributed by atoms with E-state index >= 15 is 0 Å². The second-order valence-corrected chi connectivity index (χ2v) is 9.31. The highest BCUT2D eigenvalue weighted by atomic mass is 32.2. The van der Waals surface area contributed by atoms with Crippen LogP contribution in [0.15, 0.2) is 52.4 Å². The van der Waals surface area contributed by atoms with Crippen molar-refractivity contribution in [2.45, 2.75) is 58.4 Å². The number of amidine groups is 1. The first-order valence-electron chi connectivity index (χ1n) is 11.8. The molecule has 33 heavy (non-hydrogen) atoms. The van der Waals surface area contributed by atoms with Crippen LogP contribution in [-0.2, 0) is 11.2 Å². The lowest BCUT2D eigenvalue weighted by Crippen LogP contribution is -2.40. The summed E-state index contributed by atoms with van der Waals surface area (Å²) >= 11 is 1.47. The Morgan fingerprint density at radius 2 is 1.88 bits per heavy atom. The van der Waals surface area contributed by atoms with Crippen molar-refractivity contribution in [3.8, 4) is 11.5 Å². The van der Waals surface area contributed by atoms with Gasteiger partial charge < -0.3 is 9.47 Å². The molecule has 0 unspecified atom stereocenters. The Morgan fingerprint density at radius 3 is 2.61 bits per heavy atom. The summed E-state index contributed by atoms with van der Waals surface area (Å²) in [6.07, 6.45) is 8.47. The van der Waals surface area contributed by atoms with Gasteiger partial charge in [0.1, 0.15) is 0 Å². The fourth-order valence-corrected chi connectivity index (χ4v) is 5.50. The van der Waals surface area contributed by atoms with E-state index in [4.69, 9.17) is 14.5 Å². The van der Waals surface area contributed by atoms with E-state index in [0.717, 1.165) is 48.5 Å². The summed E-state index contributed by atoms with van der Waals surface area (Å²) in [5.41, 5.74) is 3.04. The molecule has 0 spiro atoms. The molecule has 1 aliphatic heterocycles. The molecular weight excluding hydrogens is 432 g/mol. The summed E-state index contributed by atoms with van der Waals surface area (Å²) in [7, 11) is 1.63. The minimum Gasteiger partial charge on any atom is -0.493 e. The van der Waals surface area contributed by atoms with E-state index in [0.29, 0.717) is 23.0 Å². The summed E-state index contributed by atoms with van der Waals surface area (Å²) in [4.78, 5) is 21.2. The molecule has 2 aliphatic rings. The van der Waals surface area contributed by atoms with Crippen molar-refractivity contribution in [1.29, 1.82) is 0 Å². The fraction of sp³-hybridized carbons (Fsp3) is 0.407. The topological polar surface area (TPSA) is 51.1 Å². The molecule has 0 bridgehead atoms. The first kappa shape index (κ1) is 23.4. The average molecular weight is 465 g/mol. The summed E-state index contributed by atoms with van der Waals surface area (Å²) in [6, 6.07) is 14.2. The number of thioether (sulfide) groups is 1. The molecule has 1 amide bonds. The van der Waals surface area contributed by atoms with Gasteiger partial charge in [-0.2, -0.15) is 0 Å².